The third-order valence-corrected chi connectivity index (χ3v) is 3.63. The quantitative estimate of drug-likeness (QED) is 0.853. The average Bonchev–Trinajstić information content (AvgIpc) is 2.76. The Morgan fingerprint density at radius 1 is 1.53 bits per heavy atom. The molecule has 1 aliphatic heterocycles. The van der Waals surface area contributed by atoms with Gasteiger partial charge in [-0.15, -0.1) is 0 Å². The molecule has 0 amide bonds. The van der Waals surface area contributed by atoms with E-state index in [9.17, 15) is 4.79 Å². The number of aryl methyl sites for hydroxylation is 1. The molecule has 1 fully saturated rings. The van der Waals surface area contributed by atoms with Crippen LogP contribution in [0.1, 0.15) is 17.7 Å². The minimum Gasteiger partial charge on any atom is -0.326 e. The van der Waals surface area contributed by atoms with Gasteiger partial charge in [-0.1, -0.05) is 6.07 Å². The lowest BCUT2D eigenvalue weighted by molar-refractivity contribution is 0.323. The Hall–Kier alpha value is -1.72. The Morgan fingerprint density at radius 2 is 2.37 bits per heavy atom. The van der Waals surface area contributed by atoms with Crippen LogP contribution >= 0.6 is 0 Å². The van der Waals surface area contributed by atoms with Gasteiger partial charge in [-0.05, 0) is 25.0 Å². The number of likely N-dealkylation sites (tertiary alicyclic amines) is 1. The lowest BCUT2D eigenvalue weighted by Crippen LogP contribution is -2.27. The highest BCUT2D eigenvalue weighted by molar-refractivity contribution is 5.46. The van der Waals surface area contributed by atoms with E-state index in [1.165, 1.54) is 0 Å². The molecule has 0 radical (unpaired) electrons. The molecule has 2 aromatic rings. The van der Waals surface area contributed by atoms with Crippen LogP contribution in [0.2, 0.25) is 0 Å². The Morgan fingerprint density at radius 3 is 3.11 bits per heavy atom. The summed E-state index contributed by atoms with van der Waals surface area (Å²) < 4.78 is 1.59. The first-order valence-corrected chi connectivity index (χ1v) is 6.59. The van der Waals surface area contributed by atoms with Gasteiger partial charge < -0.3 is 5.73 Å². The summed E-state index contributed by atoms with van der Waals surface area (Å²) in [7, 11) is 0. The first-order chi connectivity index (χ1) is 9.13. The van der Waals surface area contributed by atoms with Crippen molar-refractivity contribution < 1.29 is 0 Å². The third-order valence-electron chi connectivity index (χ3n) is 3.63. The lowest BCUT2D eigenvalue weighted by Gasteiger charge is -2.15. The molecule has 0 bridgehead atoms. The van der Waals surface area contributed by atoms with Crippen molar-refractivity contribution in [3.8, 4) is 0 Å². The molecular formula is C14H18N4O. The number of rotatable bonds is 2. The molecule has 0 saturated carbocycles. The molecule has 5 heteroatoms. The topological polar surface area (TPSA) is 63.6 Å². The highest BCUT2D eigenvalue weighted by Crippen LogP contribution is 2.11. The summed E-state index contributed by atoms with van der Waals surface area (Å²) in [5.41, 5.74) is 8.46. The molecule has 2 N–H and O–H groups in total. The van der Waals surface area contributed by atoms with E-state index in [0.717, 1.165) is 36.4 Å². The first kappa shape index (κ1) is 12.3. The maximum Gasteiger partial charge on any atom is 0.258 e. The van der Waals surface area contributed by atoms with Gasteiger partial charge in [0.05, 0.1) is 5.69 Å². The van der Waals surface area contributed by atoms with Crippen LogP contribution in [0, 0.1) is 6.92 Å². The summed E-state index contributed by atoms with van der Waals surface area (Å²) in [4.78, 5) is 18.9. The Labute approximate surface area is 111 Å². The van der Waals surface area contributed by atoms with Crippen molar-refractivity contribution in [3.05, 3.63) is 46.0 Å². The largest absolute Gasteiger partial charge is 0.326 e. The zero-order valence-electron chi connectivity index (χ0n) is 11.0. The van der Waals surface area contributed by atoms with Crippen molar-refractivity contribution in [3.63, 3.8) is 0 Å². The van der Waals surface area contributed by atoms with Crippen molar-refractivity contribution in [2.24, 2.45) is 5.73 Å². The van der Waals surface area contributed by atoms with Crippen LogP contribution in [-0.2, 0) is 6.54 Å². The predicted molar refractivity (Wildman–Crippen MR) is 74.1 cm³/mol. The third kappa shape index (κ3) is 2.39. The molecule has 0 unspecified atom stereocenters. The molecule has 1 aliphatic rings. The highest BCUT2D eigenvalue weighted by Gasteiger charge is 2.19. The maximum absolute atomic E-state index is 12.1. The SMILES string of the molecule is Cc1cccn2c(=O)cc(CN3CC[C@H](N)C3)nc12. The van der Waals surface area contributed by atoms with Crippen LogP contribution in [0.3, 0.4) is 0 Å². The lowest BCUT2D eigenvalue weighted by atomic mass is 10.3. The molecule has 2 aromatic heterocycles. The predicted octanol–water partition coefficient (Wildman–Crippen LogP) is 0.536. The number of hydrogen-bond acceptors (Lipinski definition) is 4. The molecule has 1 atom stereocenters. The van der Waals surface area contributed by atoms with Crippen LogP contribution in [-0.4, -0.2) is 33.4 Å². The second-order valence-corrected chi connectivity index (χ2v) is 5.25. The summed E-state index contributed by atoms with van der Waals surface area (Å²) in [6.07, 6.45) is 2.78. The van der Waals surface area contributed by atoms with E-state index >= 15 is 0 Å². The fraction of sp³-hybridized carbons (Fsp3) is 0.429. The molecule has 100 valence electrons. The van der Waals surface area contributed by atoms with Gasteiger partial charge in [-0.3, -0.25) is 14.1 Å². The van der Waals surface area contributed by atoms with Crippen molar-refractivity contribution >= 4 is 5.65 Å². The van der Waals surface area contributed by atoms with Gasteiger partial charge in [0.2, 0.25) is 0 Å². The van der Waals surface area contributed by atoms with E-state index in [4.69, 9.17) is 5.73 Å². The molecule has 0 aromatic carbocycles. The van der Waals surface area contributed by atoms with Crippen molar-refractivity contribution in [2.45, 2.75) is 25.9 Å². The fourth-order valence-electron chi connectivity index (χ4n) is 2.63. The highest BCUT2D eigenvalue weighted by atomic mass is 16.1. The van der Waals surface area contributed by atoms with E-state index in [0.29, 0.717) is 6.54 Å². The van der Waals surface area contributed by atoms with E-state index in [1.54, 1.807) is 16.7 Å². The van der Waals surface area contributed by atoms with Crippen molar-refractivity contribution in [1.82, 2.24) is 14.3 Å². The second kappa shape index (κ2) is 4.75. The molecule has 3 rings (SSSR count). The van der Waals surface area contributed by atoms with Gasteiger partial charge in [-0.2, -0.15) is 0 Å². The van der Waals surface area contributed by atoms with Crippen molar-refractivity contribution in [2.75, 3.05) is 13.1 Å². The normalized spacial score (nSPS) is 20.2. The second-order valence-electron chi connectivity index (χ2n) is 5.25. The van der Waals surface area contributed by atoms with Gasteiger partial charge in [-0.25, -0.2) is 4.98 Å². The van der Waals surface area contributed by atoms with Crippen LogP contribution in [0.5, 0.6) is 0 Å². The van der Waals surface area contributed by atoms with Gasteiger partial charge >= 0.3 is 0 Å². The molecule has 1 saturated heterocycles. The average molecular weight is 258 g/mol. The van der Waals surface area contributed by atoms with Gasteiger partial charge in [0.1, 0.15) is 5.65 Å². The Kier molecular flexibility index (Phi) is 3.08. The van der Waals surface area contributed by atoms with Crippen LogP contribution < -0.4 is 11.3 Å². The Balaban J connectivity index is 1.97. The molecule has 3 heterocycles. The molecule has 0 aliphatic carbocycles. The van der Waals surface area contributed by atoms with E-state index < -0.39 is 0 Å². The summed E-state index contributed by atoms with van der Waals surface area (Å²) in [5.74, 6) is 0. The number of nitrogens with two attached hydrogens (primary N) is 1. The van der Waals surface area contributed by atoms with Crippen LogP contribution in [0.25, 0.3) is 5.65 Å². The Bertz CT molecular complexity index is 664. The number of hydrogen-bond donors (Lipinski definition) is 1. The standard InChI is InChI=1S/C14H18N4O/c1-10-3-2-5-18-13(19)7-12(16-14(10)18)9-17-6-4-11(15)8-17/h2-3,5,7,11H,4,6,8-9,15H2,1H3/t11-/m0/s1. The van der Waals surface area contributed by atoms with E-state index in [-0.39, 0.29) is 11.6 Å². The number of pyridine rings is 1. The van der Waals surface area contributed by atoms with Crippen LogP contribution in [0.4, 0.5) is 0 Å². The van der Waals surface area contributed by atoms with E-state index in [2.05, 4.69) is 9.88 Å². The number of nitrogens with zero attached hydrogens (tertiary/aromatic N) is 3. The zero-order valence-corrected chi connectivity index (χ0v) is 11.0. The first-order valence-electron chi connectivity index (χ1n) is 6.59. The summed E-state index contributed by atoms with van der Waals surface area (Å²) in [6.45, 7) is 4.54. The van der Waals surface area contributed by atoms with Crippen LogP contribution in [0.15, 0.2) is 29.2 Å². The molecule has 19 heavy (non-hydrogen) atoms. The zero-order chi connectivity index (χ0) is 13.4. The van der Waals surface area contributed by atoms with Gasteiger partial charge in [0, 0.05) is 37.9 Å². The van der Waals surface area contributed by atoms with Gasteiger partial charge in [0.25, 0.3) is 5.56 Å². The molecular weight excluding hydrogens is 240 g/mol. The number of fused-ring (bicyclic) bond motifs is 1. The minimum absolute atomic E-state index is 0.0211. The summed E-state index contributed by atoms with van der Waals surface area (Å²) >= 11 is 0. The smallest absolute Gasteiger partial charge is 0.258 e. The van der Waals surface area contributed by atoms with E-state index in [1.807, 2.05) is 19.1 Å². The van der Waals surface area contributed by atoms with Gasteiger partial charge in [0.15, 0.2) is 0 Å². The molecule has 5 nitrogen and oxygen atoms in total. The molecule has 0 spiro atoms. The monoisotopic (exact) mass is 258 g/mol. The summed E-state index contributed by atoms with van der Waals surface area (Å²) in [5, 5.41) is 0. The van der Waals surface area contributed by atoms with Crippen molar-refractivity contribution in [1.29, 1.82) is 0 Å². The maximum atomic E-state index is 12.1. The summed E-state index contributed by atoms with van der Waals surface area (Å²) in [6, 6.07) is 5.71. The minimum atomic E-state index is -0.0211. The number of aromatic nitrogens is 2. The fourth-order valence-corrected chi connectivity index (χ4v) is 2.63.